The minimum absolute atomic E-state index is 0.210. The van der Waals surface area contributed by atoms with Crippen molar-refractivity contribution < 1.29 is 4.79 Å². The van der Waals surface area contributed by atoms with Crippen molar-refractivity contribution in [3.05, 3.63) is 6.33 Å². The second kappa shape index (κ2) is 9.95. The van der Waals surface area contributed by atoms with E-state index in [1.165, 1.54) is 12.8 Å². The second-order valence-corrected chi connectivity index (χ2v) is 8.96. The fraction of sp³-hybridized carbons (Fsp3) is 0.900. The van der Waals surface area contributed by atoms with Gasteiger partial charge in [0.1, 0.15) is 6.33 Å². The van der Waals surface area contributed by atoms with Crippen molar-refractivity contribution in [2.24, 2.45) is 5.92 Å². The van der Waals surface area contributed by atoms with Gasteiger partial charge in [-0.3, -0.25) is 9.69 Å². The Labute approximate surface area is 174 Å². The van der Waals surface area contributed by atoms with Crippen molar-refractivity contribution in [3.63, 3.8) is 0 Å². The molecule has 4 heterocycles. The fourth-order valence-electron chi connectivity index (χ4n) is 5.07. The summed E-state index contributed by atoms with van der Waals surface area (Å²) in [6.07, 6.45) is 7.44. The van der Waals surface area contributed by atoms with Crippen LogP contribution >= 0.6 is 0 Å². The second-order valence-electron chi connectivity index (χ2n) is 8.96. The molecule has 0 spiro atoms. The van der Waals surface area contributed by atoms with Crippen molar-refractivity contribution in [2.45, 2.75) is 44.7 Å². The molecule has 1 aromatic heterocycles. The van der Waals surface area contributed by atoms with Gasteiger partial charge in [-0.1, -0.05) is 0 Å². The molecule has 9 nitrogen and oxygen atoms in total. The first-order chi connectivity index (χ1) is 14.2. The summed E-state index contributed by atoms with van der Waals surface area (Å²) >= 11 is 0. The van der Waals surface area contributed by atoms with Crippen LogP contribution in [0.15, 0.2) is 6.33 Å². The van der Waals surface area contributed by atoms with E-state index in [2.05, 4.69) is 42.2 Å². The number of amides is 1. The van der Waals surface area contributed by atoms with Crippen LogP contribution in [0.1, 0.15) is 32.1 Å². The number of hydrogen-bond acceptors (Lipinski definition) is 7. The number of carbonyl (C=O) groups excluding carboxylic acids is 1. The number of aryl methyl sites for hydroxylation is 1. The number of aromatic nitrogens is 4. The van der Waals surface area contributed by atoms with Gasteiger partial charge < -0.3 is 14.7 Å². The third-order valence-corrected chi connectivity index (χ3v) is 6.94. The number of tetrazole rings is 1. The van der Waals surface area contributed by atoms with Crippen LogP contribution in [0, 0.1) is 5.92 Å². The number of likely N-dealkylation sites (tertiary alicyclic amines) is 2. The maximum Gasteiger partial charge on any atom is 0.227 e. The standard InChI is InChI=1S/C20H36N8O/c1-24-12-14-26(15-13-24)20(29)18-4-2-8-27(16-18)19-5-10-25(11-6-19)7-3-9-28-17-21-22-23-28/h17-19H,2-16H2,1H3/t18-/m0/s1. The number of nitrogens with zero attached hydrogens (tertiary/aromatic N) is 8. The first kappa shape index (κ1) is 20.7. The molecule has 0 unspecified atom stereocenters. The lowest BCUT2D eigenvalue weighted by Gasteiger charge is -2.43. The molecular weight excluding hydrogens is 368 g/mol. The highest BCUT2D eigenvalue weighted by atomic mass is 16.2. The number of piperazine rings is 1. The highest BCUT2D eigenvalue weighted by Crippen LogP contribution is 2.25. The Morgan fingerprint density at radius 1 is 1.00 bits per heavy atom. The Morgan fingerprint density at radius 2 is 1.79 bits per heavy atom. The van der Waals surface area contributed by atoms with Crippen LogP contribution in [-0.2, 0) is 11.3 Å². The molecular formula is C20H36N8O. The summed E-state index contributed by atoms with van der Waals surface area (Å²) < 4.78 is 1.80. The van der Waals surface area contributed by atoms with Crippen molar-refractivity contribution >= 4 is 5.91 Å². The Hall–Kier alpha value is -1.58. The Bertz CT molecular complexity index is 622. The SMILES string of the molecule is CN1CCN(C(=O)[C@H]2CCCN(C3CCN(CCCn4cnnn4)CC3)C2)CC1. The molecule has 0 bridgehead atoms. The van der Waals surface area contributed by atoms with Crippen LogP contribution in [-0.4, -0.2) is 118 Å². The monoisotopic (exact) mass is 404 g/mol. The topological polar surface area (TPSA) is 73.6 Å². The minimum atomic E-state index is 0.210. The van der Waals surface area contributed by atoms with Gasteiger partial charge in [0.15, 0.2) is 0 Å². The van der Waals surface area contributed by atoms with Gasteiger partial charge in [0.2, 0.25) is 5.91 Å². The molecule has 0 aliphatic carbocycles. The zero-order chi connectivity index (χ0) is 20.1. The number of likely N-dealkylation sites (N-methyl/N-ethyl adjacent to an activating group) is 1. The Kier molecular flexibility index (Phi) is 7.10. The van der Waals surface area contributed by atoms with E-state index in [1.54, 1.807) is 11.0 Å². The highest BCUT2D eigenvalue weighted by molar-refractivity contribution is 5.79. The maximum atomic E-state index is 13.0. The third kappa shape index (κ3) is 5.52. The molecule has 3 aliphatic rings. The predicted octanol–water partition coefficient (Wildman–Crippen LogP) is 0.0136. The van der Waals surface area contributed by atoms with E-state index in [-0.39, 0.29) is 5.92 Å². The molecule has 9 heteroatoms. The normalized spacial score (nSPS) is 26.1. The Balaban J connectivity index is 1.19. The minimum Gasteiger partial charge on any atom is -0.340 e. The van der Waals surface area contributed by atoms with E-state index in [4.69, 9.17) is 0 Å². The average molecular weight is 405 g/mol. The van der Waals surface area contributed by atoms with Crippen molar-refractivity contribution in [3.8, 4) is 0 Å². The summed E-state index contributed by atoms with van der Waals surface area (Å²) in [6, 6.07) is 0.647. The number of carbonyl (C=O) groups is 1. The van der Waals surface area contributed by atoms with Crippen molar-refractivity contribution in [1.29, 1.82) is 0 Å². The Morgan fingerprint density at radius 3 is 2.52 bits per heavy atom. The van der Waals surface area contributed by atoms with Crippen molar-refractivity contribution in [2.75, 3.05) is 66.0 Å². The molecule has 1 aromatic rings. The van der Waals surface area contributed by atoms with Gasteiger partial charge in [0.05, 0.1) is 5.92 Å². The maximum absolute atomic E-state index is 13.0. The van der Waals surface area contributed by atoms with Crippen molar-refractivity contribution in [1.82, 2.24) is 39.8 Å². The van der Waals surface area contributed by atoms with E-state index in [9.17, 15) is 4.79 Å². The lowest BCUT2D eigenvalue weighted by molar-refractivity contribution is -0.139. The molecule has 29 heavy (non-hydrogen) atoms. The van der Waals surface area contributed by atoms with Crippen LogP contribution in [0.4, 0.5) is 0 Å². The molecule has 4 rings (SSSR count). The number of hydrogen-bond donors (Lipinski definition) is 0. The number of rotatable bonds is 6. The molecule has 0 radical (unpaired) electrons. The van der Waals surface area contributed by atoms with E-state index >= 15 is 0 Å². The summed E-state index contributed by atoms with van der Waals surface area (Å²) in [5.41, 5.74) is 0. The van der Waals surface area contributed by atoms with E-state index in [0.717, 1.165) is 84.7 Å². The smallest absolute Gasteiger partial charge is 0.227 e. The van der Waals surface area contributed by atoms with Gasteiger partial charge >= 0.3 is 0 Å². The van der Waals surface area contributed by atoms with Crippen LogP contribution in [0.3, 0.4) is 0 Å². The zero-order valence-electron chi connectivity index (χ0n) is 17.8. The zero-order valence-corrected chi connectivity index (χ0v) is 17.8. The van der Waals surface area contributed by atoms with E-state index in [0.29, 0.717) is 11.9 Å². The van der Waals surface area contributed by atoms with E-state index in [1.807, 2.05) is 0 Å². The highest BCUT2D eigenvalue weighted by Gasteiger charge is 2.34. The molecule has 3 aliphatic heterocycles. The van der Waals surface area contributed by atoms with Crippen LogP contribution in [0.5, 0.6) is 0 Å². The summed E-state index contributed by atoms with van der Waals surface area (Å²) in [6.45, 7) is 10.3. The first-order valence-electron chi connectivity index (χ1n) is 11.3. The van der Waals surface area contributed by atoms with Gasteiger partial charge in [-0.15, -0.1) is 5.10 Å². The molecule has 0 N–H and O–H groups in total. The summed E-state index contributed by atoms with van der Waals surface area (Å²) in [7, 11) is 2.14. The molecule has 1 atom stereocenters. The quantitative estimate of drug-likeness (QED) is 0.661. The lowest BCUT2D eigenvalue weighted by Crippen LogP contribution is -2.54. The summed E-state index contributed by atoms with van der Waals surface area (Å²) in [5, 5.41) is 11.3. The van der Waals surface area contributed by atoms with Gasteiger partial charge in [-0.2, -0.15) is 0 Å². The fourth-order valence-corrected chi connectivity index (χ4v) is 5.07. The predicted molar refractivity (Wildman–Crippen MR) is 110 cm³/mol. The molecule has 3 saturated heterocycles. The third-order valence-electron chi connectivity index (χ3n) is 6.94. The average Bonchev–Trinajstić information content (AvgIpc) is 3.28. The van der Waals surface area contributed by atoms with E-state index < -0.39 is 0 Å². The lowest BCUT2D eigenvalue weighted by atomic mass is 9.92. The number of piperidine rings is 2. The van der Waals surface area contributed by atoms with Gasteiger partial charge in [0.25, 0.3) is 0 Å². The summed E-state index contributed by atoms with van der Waals surface area (Å²) in [4.78, 5) is 22.6. The summed E-state index contributed by atoms with van der Waals surface area (Å²) in [5.74, 6) is 0.615. The first-order valence-corrected chi connectivity index (χ1v) is 11.3. The van der Waals surface area contributed by atoms with Crippen LogP contribution in [0.25, 0.3) is 0 Å². The van der Waals surface area contributed by atoms with Gasteiger partial charge in [-0.05, 0) is 75.8 Å². The molecule has 1 amide bonds. The van der Waals surface area contributed by atoms with Gasteiger partial charge in [0, 0.05) is 45.3 Å². The van der Waals surface area contributed by atoms with Gasteiger partial charge in [-0.25, -0.2) is 4.68 Å². The molecule has 162 valence electrons. The molecule has 3 fully saturated rings. The van der Waals surface area contributed by atoms with Crippen LogP contribution < -0.4 is 0 Å². The largest absolute Gasteiger partial charge is 0.340 e. The van der Waals surface area contributed by atoms with Crippen LogP contribution in [0.2, 0.25) is 0 Å². The molecule has 0 aromatic carbocycles. The molecule has 0 saturated carbocycles.